The first-order valence-electron chi connectivity index (χ1n) is 9.27. The lowest BCUT2D eigenvalue weighted by atomic mass is 9.92. The third kappa shape index (κ3) is 4.14. The van der Waals surface area contributed by atoms with Crippen molar-refractivity contribution < 1.29 is 9.18 Å². The molecule has 0 saturated carbocycles. The zero-order chi connectivity index (χ0) is 20.6. The first kappa shape index (κ1) is 19.8. The van der Waals surface area contributed by atoms with E-state index in [0.717, 1.165) is 16.8 Å². The van der Waals surface area contributed by atoms with Gasteiger partial charge in [-0.1, -0.05) is 20.8 Å². The average Bonchev–Trinajstić information content (AvgIpc) is 2.56. The number of hydrogen-bond acceptors (Lipinski definition) is 2. The number of benzene rings is 2. The Morgan fingerprint density at radius 2 is 1.71 bits per heavy atom. The minimum atomic E-state index is -0.369. The number of anilines is 1. The molecule has 146 valence electrons. The summed E-state index contributed by atoms with van der Waals surface area (Å²) >= 11 is 0. The van der Waals surface area contributed by atoms with Crippen molar-refractivity contribution >= 4 is 22.4 Å². The van der Waals surface area contributed by atoms with Gasteiger partial charge in [0.25, 0.3) is 5.56 Å². The van der Waals surface area contributed by atoms with Gasteiger partial charge in [-0.15, -0.1) is 0 Å². The molecule has 4 nitrogen and oxygen atoms in total. The number of amides is 1. The van der Waals surface area contributed by atoms with E-state index in [1.165, 1.54) is 18.2 Å². The Hall–Kier alpha value is -2.95. The van der Waals surface area contributed by atoms with Crippen molar-refractivity contribution in [3.8, 4) is 5.69 Å². The highest BCUT2D eigenvalue weighted by Crippen LogP contribution is 2.26. The summed E-state index contributed by atoms with van der Waals surface area (Å²) < 4.78 is 14.9. The van der Waals surface area contributed by atoms with Gasteiger partial charge in [-0.25, -0.2) is 4.39 Å². The van der Waals surface area contributed by atoms with Gasteiger partial charge in [0.1, 0.15) is 5.82 Å². The molecule has 0 bridgehead atoms. The standard InChI is InChI=1S/C23H25FN2O2/c1-14-10-18(11-15(2)21(14)25-20(27)13-23(3,4)5)26-9-8-16-12-17(24)6-7-19(16)22(26)28/h6-12H,13H2,1-5H3,(H,25,27). The van der Waals surface area contributed by atoms with E-state index >= 15 is 0 Å². The Bertz CT molecular complexity index is 1100. The minimum absolute atomic E-state index is 0.0312. The van der Waals surface area contributed by atoms with Crippen molar-refractivity contribution in [3.63, 3.8) is 0 Å². The molecule has 3 aromatic rings. The van der Waals surface area contributed by atoms with Gasteiger partial charge in [-0.2, -0.15) is 0 Å². The predicted octanol–water partition coefficient (Wildman–Crippen LogP) is 5.12. The molecule has 5 heteroatoms. The third-order valence-electron chi connectivity index (χ3n) is 4.62. The molecule has 1 heterocycles. The first-order valence-corrected chi connectivity index (χ1v) is 9.27. The molecule has 0 fully saturated rings. The van der Waals surface area contributed by atoms with Crippen LogP contribution in [0.4, 0.5) is 10.1 Å². The summed E-state index contributed by atoms with van der Waals surface area (Å²) in [4.78, 5) is 25.2. The van der Waals surface area contributed by atoms with Crippen LogP contribution in [-0.4, -0.2) is 10.5 Å². The van der Waals surface area contributed by atoms with Crippen molar-refractivity contribution in [3.05, 3.63) is 69.9 Å². The molecule has 0 saturated heterocycles. The summed E-state index contributed by atoms with van der Waals surface area (Å²) in [6.45, 7) is 9.88. The Balaban J connectivity index is 2.00. The summed E-state index contributed by atoms with van der Waals surface area (Å²) in [6.07, 6.45) is 2.07. The molecular formula is C23H25FN2O2. The Morgan fingerprint density at radius 3 is 2.32 bits per heavy atom. The summed E-state index contributed by atoms with van der Waals surface area (Å²) in [5.74, 6) is -0.400. The number of rotatable bonds is 3. The zero-order valence-electron chi connectivity index (χ0n) is 16.9. The van der Waals surface area contributed by atoms with Crippen LogP contribution in [0.5, 0.6) is 0 Å². The van der Waals surface area contributed by atoms with Gasteiger partial charge < -0.3 is 5.32 Å². The lowest BCUT2D eigenvalue weighted by molar-refractivity contribution is -0.117. The Labute approximate surface area is 164 Å². The van der Waals surface area contributed by atoms with E-state index in [9.17, 15) is 14.0 Å². The molecule has 0 unspecified atom stereocenters. The summed E-state index contributed by atoms with van der Waals surface area (Å²) in [5, 5.41) is 4.03. The molecule has 28 heavy (non-hydrogen) atoms. The van der Waals surface area contributed by atoms with E-state index in [1.54, 1.807) is 16.8 Å². The molecule has 1 N–H and O–H groups in total. The second-order valence-corrected chi connectivity index (χ2v) is 8.46. The van der Waals surface area contributed by atoms with Crippen molar-refractivity contribution in [1.82, 2.24) is 4.57 Å². The van der Waals surface area contributed by atoms with E-state index in [2.05, 4.69) is 5.32 Å². The molecule has 0 aliphatic heterocycles. The van der Waals surface area contributed by atoms with Crippen LogP contribution in [0.2, 0.25) is 0 Å². The maximum atomic E-state index is 13.4. The van der Waals surface area contributed by atoms with Crippen LogP contribution in [0.15, 0.2) is 47.4 Å². The van der Waals surface area contributed by atoms with Gasteiger partial charge in [0, 0.05) is 29.4 Å². The number of carbonyl (C=O) groups is 1. The second kappa shape index (κ2) is 7.23. The second-order valence-electron chi connectivity index (χ2n) is 8.46. The van der Waals surface area contributed by atoms with Gasteiger partial charge in [0.05, 0.1) is 0 Å². The fraction of sp³-hybridized carbons (Fsp3) is 0.304. The SMILES string of the molecule is Cc1cc(-n2ccc3cc(F)ccc3c2=O)cc(C)c1NC(=O)CC(C)(C)C. The van der Waals surface area contributed by atoms with Gasteiger partial charge in [0.2, 0.25) is 5.91 Å². The van der Waals surface area contributed by atoms with E-state index in [4.69, 9.17) is 0 Å². The fourth-order valence-corrected chi connectivity index (χ4v) is 3.36. The van der Waals surface area contributed by atoms with Gasteiger partial charge in [-0.3, -0.25) is 14.2 Å². The van der Waals surface area contributed by atoms with Crippen molar-refractivity contribution in [2.45, 2.75) is 41.0 Å². The van der Waals surface area contributed by atoms with Gasteiger partial charge in [0.15, 0.2) is 0 Å². The predicted molar refractivity (Wildman–Crippen MR) is 112 cm³/mol. The van der Waals surface area contributed by atoms with Crippen LogP contribution in [0.1, 0.15) is 38.3 Å². The number of fused-ring (bicyclic) bond motifs is 1. The van der Waals surface area contributed by atoms with Crippen LogP contribution in [0.25, 0.3) is 16.5 Å². The maximum absolute atomic E-state index is 13.4. The Morgan fingerprint density at radius 1 is 1.07 bits per heavy atom. The number of aromatic nitrogens is 1. The fourth-order valence-electron chi connectivity index (χ4n) is 3.36. The quantitative estimate of drug-likeness (QED) is 0.685. The van der Waals surface area contributed by atoms with Crippen molar-refractivity contribution in [2.75, 3.05) is 5.32 Å². The molecule has 3 rings (SSSR count). The van der Waals surface area contributed by atoms with Gasteiger partial charge >= 0.3 is 0 Å². The highest BCUT2D eigenvalue weighted by atomic mass is 19.1. The molecule has 1 amide bonds. The monoisotopic (exact) mass is 380 g/mol. The number of carbonyl (C=O) groups excluding carboxylic acids is 1. The highest BCUT2D eigenvalue weighted by Gasteiger charge is 2.18. The maximum Gasteiger partial charge on any atom is 0.262 e. The van der Waals surface area contributed by atoms with E-state index in [0.29, 0.717) is 22.9 Å². The molecule has 0 atom stereocenters. The van der Waals surface area contributed by atoms with Crippen molar-refractivity contribution in [1.29, 1.82) is 0 Å². The number of halogens is 1. The smallest absolute Gasteiger partial charge is 0.262 e. The molecule has 0 aliphatic carbocycles. The molecule has 1 aromatic heterocycles. The first-order chi connectivity index (χ1) is 13.0. The topological polar surface area (TPSA) is 51.1 Å². The Kier molecular flexibility index (Phi) is 5.11. The summed E-state index contributed by atoms with van der Waals surface area (Å²) in [7, 11) is 0. The van der Waals surface area contributed by atoms with Gasteiger partial charge in [-0.05, 0) is 72.2 Å². The largest absolute Gasteiger partial charge is 0.326 e. The van der Waals surface area contributed by atoms with E-state index in [1.807, 2.05) is 46.8 Å². The lowest BCUT2D eigenvalue weighted by Crippen LogP contribution is -2.21. The van der Waals surface area contributed by atoms with Crippen LogP contribution < -0.4 is 10.9 Å². The number of hydrogen-bond donors (Lipinski definition) is 1. The van der Waals surface area contributed by atoms with Crippen molar-refractivity contribution in [2.24, 2.45) is 5.41 Å². The van der Waals surface area contributed by atoms with Crippen LogP contribution in [0, 0.1) is 25.1 Å². The van der Waals surface area contributed by atoms with E-state index < -0.39 is 0 Å². The van der Waals surface area contributed by atoms with Crippen LogP contribution in [0.3, 0.4) is 0 Å². The lowest BCUT2D eigenvalue weighted by Gasteiger charge is -2.19. The number of nitrogens with one attached hydrogen (secondary N) is 1. The van der Waals surface area contributed by atoms with Crippen LogP contribution >= 0.6 is 0 Å². The molecule has 0 aliphatic rings. The summed E-state index contributed by atoms with van der Waals surface area (Å²) in [6, 6.07) is 9.62. The highest BCUT2D eigenvalue weighted by molar-refractivity contribution is 5.93. The third-order valence-corrected chi connectivity index (χ3v) is 4.62. The molecule has 0 radical (unpaired) electrons. The van der Waals surface area contributed by atoms with E-state index in [-0.39, 0.29) is 22.7 Å². The zero-order valence-corrected chi connectivity index (χ0v) is 16.9. The normalized spacial score (nSPS) is 11.6. The number of pyridine rings is 1. The molecular weight excluding hydrogens is 355 g/mol. The number of aryl methyl sites for hydroxylation is 2. The van der Waals surface area contributed by atoms with Crippen LogP contribution in [-0.2, 0) is 4.79 Å². The molecule has 2 aromatic carbocycles. The molecule has 0 spiro atoms. The summed E-state index contributed by atoms with van der Waals surface area (Å²) in [5.41, 5.74) is 2.94. The average molecular weight is 380 g/mol. The number of nitrogens with zero attached hydrogens (tertiary/aromatic N) is 1. The minimum Gasteiger partial charge on any atom is -0.326 e.